The van der Waals surface area contributed by atoms with Gasteiger partial charge in [-0.05, 0) is 6.92 Å². The van der Waals surface area contributed by atoms with Crippen LogP contribution in [0.15, 0.2) is 10.4 Å². The fourth-order valence-electron chi connectivity index (χ4n) is 1.33. The molecule has 0 bridgehead atoms. The third kappa shape index (κ3) is 2.38. The van der Waals surface area contributed by atoms with Crippen LogP contribution in [0.25, 0.3) is 0 Å². The zero-order chi connectivity index (χ0) is 11.1. The highest BCUT2D eigenvalue weighted by Gasteiger charge is 2.32. The van der Waals surface area contributed by atoms with Gasteiger partial charge in [-0.25, -0.2) is 13.4 Å². The number of nitrogens with zero attached hydrogens (tertiary/aromatic N) is 2. The molecule has 5 nitrogen and oxygen atoms in total. The summed E-state index contributed by atoms with van der Waals surface area (Å²) in [5, 5.41) is 3.82. The van der Waals surface area contributed by atoms with Crippen molar-refractivity contribution in [2.24, 2.45) is 0 Å². The van der Waals surface area contributed by atoms with E-state index in [1.54, 1.807) is 14.0 Å². The van der Waals surface area contributed by atoms with E-state index in [1.807, 2.05) is 0 Å². The Morgan fingerprint density at radius 1 is 1.56 bits per heavy atom. The summed E-state index contributed by atoms with van der Waals surface area (Å²) in [5.74, 6) is 0. The first kappa shape index (κ1) is 13.9. The number of hydrogen-bond acceptors (Lipinski definition) is 5. The van der Waals surface area contributed by atoms with Crippen LogP contribution in [-0.4, -0.2) is 43.9 Å². The van der Waals surface area contributed by atoms with E-state index < -0.39 is 10.0 Å². The summed E-state index contributed by atoms with van der Waals surface area (Å²) in [6.07, 6.45) is 1.43. The molecule has 0 spiro atoms. The minimum absolute atomic E-state index is 0. The summed E-state index contributed by atoms with van der Waals surface area (Å²) >= 11 is 1.21. The first-order valence-corrected chi connectivity index (χ1v) is 6.88. The van der Waals surface area contributed by atoms with E-state index >= 15 is 0 Å². The Morgan fingerprint density at radius 3 is 2.56 bits per heavy atom. The van der Waals surface area contributed by atoms with E-state index in [0.29, 0.717) is 4.21 Å². The first-order chi connectivity index (χ1) is 7.01. The number of likely N-dealkylation sites (N-methyl/N-ethyl adjacent to an activating group) is 1. The molecular formula is C8H14ClN3O2S2. The lowest BCUT2D eigenvalue weighted by Gasteiger charge is -2.34. The SMILES string of the molecule is Cc1ncc(S(=O)(=O)N(C)C2CNC2)s1.Cl. The predicted molar refractivity (Wildman–Crippen MR) is 65.7 cm³/mol. The molecule has 1 aliphatic rings. The van der Waals surface area contributed by atoms with Gasteiger partial charge in [0.25, 0.3) is 10.0 Å². The maximum Gasteiger partial charge on any atom is 0.254 e. The van der Waals surface area contributed by atoms with Crippen molar-refractivity contribution in [1.82, 2.24) is 14.6 Å². The normalized spacial score (nSPS) is 16.9. The highest BCUT2D eigenvalue weighted by molar-refractivity contribution is 7.91. The van der Waals surface area contributed by atoms with Gasteiger partial charge in [-0.2, -0.15) is 4.31 Å². The molecule has 2 rings (SSSR count). The number of sulfonamides is 1. The largest absolute Gasteiger partial charge is 0.313 e. The molecule has 0 saturated carbocycles. The molecule has 0 amide bonds. The molecule has 0 atom stereocenters. The van der Waals surface area contributed by atoms with Crippen LogP contribution >= 0.6 is 23.7 Å². The lowest BCUT2D eigenvalue weighted by Crippen LogP contribution is -2.57. The van der Waals surface area contributed by atoms with Gasteiger partial charge in [-0.15, -0.1) is 23.7 Å². The number of nitrogens with one attached hydrogen (secondary N) is 1. The Morgan fingerprint density at radius 2 is 2.19 bits per heavy atom. The molecule has 0 aromatic carbocycles. The number of aryl methyl sites for hydroxylation is 1. The predicted octanol–water partition coefficient (Wildman–Crippen LogP) is 0.466. The van der Waals surface area contributed by atoms with Crippen molar-refractivity contribution in [1.29, 1.82) is 0 Å². The summed E-state index contributed by atoms with van der Waals surface area (Å²) in [6, 6.07) is 0.0809. The Hall–Kier alpha value is -0.210. The summed E-state index contributed by atoms with van der Waals surface area (Å²) in [5.41, 5.74) is 0. The van der Waals surface area contributed by atoms with Crippen molar-refractivity contribution in [3.63, 3.8) is 0 Å². The molecule has 1 aromatic heterocycles. The molecule has 1 aromatic rings. The smallest absolute Gasteiger partial charge is 0.254 e. The Labute approximate surface area is 105 Å². The van der Waals surface area contributed by atoms with Crippen molar-refractivity contribution in [3.8, 4) is 0 Å². The quantitative estimate of drug-likeness (QED) is 0.876. The van der Waals surface area contributed by atoms with Crippen LogP contribution in [0.3, 0.4) is 0 Å². The summed E-state index contributed by atoms with van der Waals surface area (Å²) in [7, 11) is -1.71. The summed E-state index contributed by atoms with van der Waals surface area (Å²) in [6.45, 7) is 3.26. The lowest BCUT2D eigenvalue weighted by atomic mass is 10.2. The van der Waals surface area contributed by atoms with Crippen molar-refractivity contribution in [3.05, 3.63) is 11.2 Å². The zero-order valence-electron chi connectivity index (χ0n) is 9.00. The van der Waals surface area contributed by atoms with Crippen LogP contribution in [0.1, 0.15) is 5.01 Å². The summed E-state index contributed by atoms with van der Waals surface area (Å²) in [4.78, 5) is 3.97. The summed E-state index contributed by atoms with van der Waals surface area (Å²) < 4.78 is 25.9. The molecule has 1 saturated heterocycles. The van der Waals surface area contributed by atoms with Crippen molar-refractivity contribution < 1.29 is 8.42 Å². The van der Waals surface area contributed by atoms with Gasteiger partial charge >= 0.3 is 0 Å². The maximum atomic E-state index is 12.0. The van der Waals surface area contributed by atoms with Gasteiger partial charge in [-0.3, -0.25) is 0 Å². The fourth-order valence-corrected chi connectivity index (χ4v) is 3.98. The second kappa shape index (κ2) is 4.97. The van der Waals surface area contributed by atoms with Crippen LogP contribution in [0.4, 0.5) is 0 Å². The van der Waals surface area contributed by atoms with E-state index in [4.69, 9.17) is 0 Å². The molecular weight excluding hydrogens is 270 g/mol. The van der Waals surface area contributed by atoms with Crippen LogP contribution in [-0.2, 0) is 10.0 Å². The topological polar surface area (TPSA) is 62.3 Å². The number of halogens is 1. The van der Waals surface area contributed by atoms with Crippen LogP contribution in [0.2, 0.25) is 0 Å². The highest BCUT2D eigenvalue weighted by atomic mass is 35.5. The molecule has 1 N–H and O–H groups in total. The second-order valence-electron chi connectivity index (χ2n) is 3.53. The number of thiazole rings is 1. The monoisotopic (exact) mass is 283 g/mol. The van der Waals surface area contributed by atoms with Gasteiger partial charge in [0.1, 0.15) is 0 Å². The van der Waals surface area contributed by atoms with Crippen LogP contribution in [0, 0.1) is 6.92 Å². The molecule has 1 fully saturated rings. The van der Waals surface area contributed by atoms with E-state index in [1.165, 1.54) is 21.8 Å². The number of rotatable bonds is 3. The lowest BCUT2D eigenvalue weighted by molar-refractivity contribution is 0.274. The van der Waals surface area contributed by atoms with E-state index in [0.717, 1.165) is 18.1 Å². The van der Waals surface area contributed by atoms with E-state index in [9.17, 15) is 8.42 Å². The van der Waals surface area contributed by atoms with Gasteiger partial charge in [0, 0.05) is 26.2 Å². The number of aromatic nitrogens is 1. The molecule has 0 radical (unpaired) electrons. The van der Waals surface area contributed by atoms with Crippen molar-refractivity contribution in [2.45, 2.75) is 17.2 Å². The first-order valence-electron chi connectivity index (χ1n) is 4.63. The van der Waals surface area contributed by atoms with Gasteiger partial charge in [-0.1, -0.05) is 0 Å². The van der Waals surface area contributed by atoms with E-state index in [-0.39, 0.29) is 18.4 Å². The molecule has 2 heterocycles. The Balaban J connectivity index is 0.00000128. The highest BCUT2D eigenvalue weighted by Crippen LogP contribution is 2.23. The van der Waals surface area contributed by atoms with Crippen LogP contribution in [0.5, 0.6) is 0 Å². The molecule has 0 unspecified atom stereocenters. The average molecular weight is 284 g/mol. The molecule has 92 valence electrons. The van der Waals surface area contributed by atoms with Crippen LogP contribution < -0.4 is 5.32 Å². The second-order valence-corrected chi connectivity index (χ2v) is 6.99. The maximum absolute atomic E-state index is 12.0. The fraction of sp³-hybridized carbons (Fsp3) is 0.625. The average Bonchev–Trinajstić information content (AvgIpc) is 2.49. The number of hydrogen-bond donors (Lipinski definition) is 1. The van der Waals surface area contributed by atoms with Gasteiger partial charge in [0.05, 0.1) is 11.2 Å². The third-order valence-corrected chi connectivity index (χ3v) is 5.77. The van der Waals surface area contributed by atoms with Crippen molar-refractivity contribution in [2.75, 3.05) is 20.1 Å². The molecule has 8 heteroatoms. The Bertz CT molecular complexity index is 456. The van der Waals surface area contributed by atoms with Gasteiger partial charge in [0.2, 0.25) is 0 Å². The minimum Gasteiger partial charge on any atom is -0.313 e. The molecule has 1 aliphatic heterocycles. The molecule has 0 aliphatic carbocycles. The Kier molecular flexibility index (Phi) is 4.30. The van der Waals surface area contributed by atoms with E-state index in [2.05, 4.69) is 10.3 Å². The minimum atomic E-state index is -3.33. The van der Waals surface area contributed by atoms with Gasteiger partial charge < -0.3 is 5.32 Å². The van der Waals surface area contributed by atoms with Gasteiger partial charge in [0.15, 0.2) is 4.21 Å². The van der Waals surface area contributed by atoms with Crippen molar-refractivity contribution >= 4 is 33.8 Å². The standard InChI is InChI=1S/C8H13N3O2S2.ClH/c1-6-10-5-8(14-6)15(12,13)11(2)7-3-9-4-7;/h5,7,9H,3-4H2,1-2H3;1H. The third-order valence-electron chi connectivity index (χ3n) is 2.51. The molecule has 16 heavy (non-hydrogen) atoms. The zero-order valence-corrected chi connectivity index (χ0v) is 11.5.